The predicted octanol–water partition coefficient (Wildman–Crippen LogP) is 1.43. The Kier molecular flexibility index (Phi) is 1.99. The Bertz CT molecular complexity index is 518. The van der Waals surface area contributed by atoms with Gasteiger partial charge in [-0.1, -0.05) is 30.3 Å². The van der Waals surface area contributed by atoms with E-state index in [1.165, 1.54) is 0 Å². The van der Waals surface area contributed by atoms with E-state index in [2.05, 4.69) is 4.98 Å². The molecule has 16 heavy (non-hydrogen) atoms. The van der Waals surface area contributed by atoms with Crippen molar-refractivity contribution in [1.82, 2.24) is 9.55 Å². The number of nitrogens with zero attached hydrogens (tertiary/aromatic N) is 3. The number of carbonyl (C=O) groups is 1. The van der Waals surface area contributed by atoms with Gasteiger partial charge in [-0.25, -0.2) is 4.98 Å². The Morgan fingerprint density at radius 3 is 2.88 bits per heavy atom. The van der Waals surface area contributed by atoms with Crippen molar-refractivity contribution in [3.8, 4) is 0 Å². The van der Waals surface area contributed by atoms with E-state index in [0.717, 1.165) is 11.5 Å². The number of benzene rings is 1. The average Bonchev–Trinajstić information content (AvgIpc) is 2.84. The highest BCUT2D eigenvalue weighted by Crippen LogP contribution is 2.21. The highest BCUT2D eigenvalue weighted by molar-refractivity contribution is 5.94. The lowest BCUT2D eigenvalue weighted by Gasteiger charge is -2.13. The highest BCUT2D eigenvalue weighted by atomic mass is 16.2. The maximum Gasteiger partial charge on any atom is 0.249 e. The van der Waals surface area contributed by atoms with Crippen LogP contribution in [0.3, 0.4) is 0 Å². The van der Waals surface area contributed by atoms with E-state index < -0.39 is 0 Å². The summed E-state index contributed by atoms with van der Waals surface area (Å²) >= 11 is 0. The van der Waals surface area contributed by atoms with Crippen molar-refractivity contribution >= 4 is 11.9 Å². The molecule has 2 heterocycles. The van der Waals surface area contributed by atoms with Gasteiger partial charge in [0.05, 0.1) is 6.54 Å². The summed E-state index contributed by atoms with van der Waals surface area (Å²) < 4.78 is 1.87. The number of rotatable bonds is 2. The van der Waals surface area contributed by atoms with Crippen molar-refractivity contribution in [2.75, 3.05) is 4.90 Å². The number of carbonyl (C=O) groups excluding carboxylic acids is 1. The summed E-state index contributed by atoms with van der Waals surface area (Å²) in [6.07, 6.45) is 3.55. The third-order valence-corrected chi connectivity index (χ3v) is 2.73. The van der Waals surface area contributed by atoms with Gasteiger partial charge in [0.25, 0.3) is 0 Å². The van der Waals surface area contributed by atoms with Crippen molar-refractivity contribution in [3.63, 3.8) is 0 Å². The van der Waals surface area contributed by atoms with Crippen LogP contribution in [-0.4, -0.2) is 15.5 Å². The molecule has 0 saturated heterocycles. The van der Waals surface area contributed by atoms with Gasteiger partial charge >= 0.3 is 0 Å². The standard InChI is InChI=1S/C12H11N3O/c16-11-9-14-7-6-13-12(14)15(11)8-10-4-2-1-3-5-10/h1-7H,8-9H2. The number of fused-ring (bicyclic) bond motifs is 1. The number of aromatic nitrogens is 2. The molecule has 0 bridgehead atoms. The third kappa shape index (κ3) is 1.39. The van der Waals surface area contributed by atoms with Crippen LogP contribution in [0.2, 0.25) is 0 Å². The van der Waals surface area contributed by atoms with E-state index in [1.807, 2.05) is 41.1 Å². The van der Waals surface area contributed by atoms with Gasteiger partial charge in [0.1, 0.15) is 6.54 Å². The summed E-state index contributed by atoms with van der Waals surface area (Å²) in [6.45, 7) is 0.999. The molecule has 0 fully saturated rings. The molecular formula is C12H11N3O. The molecule has 1 aromatic carbocycles. The second-order valence-corrected chi connectivity index (χ2v) is 3.82. The minimum Gasteiger partial charge on any atom is -0.308 e. The Balaban J connectivity index is 1.89. The number of hydrogen-bond donors (Lipinski definition) is 0. The molecule has 1 aliphatic heterocycles. The first-order valence-corrected chi connectivity index (χ1v) is 5.20. The van der Waals surface area contributed by atoms with Crippen molar-refractivity contribution in [3.05, 3.63) is 48.3 Å². The SMILES string of the molecule is O=C1Cn2ccnc2N1Cc1ccccc1. The second kappa shape index (κ2) is 3.48. The van der Waals surface area contributed by atoms with Crippen LogP contribution >= 0.6 is 0 Å². The highest BCUT2D eigenvalue weighted by Gasteiger charge is 2.27. The van der Waals surface area contributed by atoms with Crippen molar-refractivity contribution < 1.29 is 4.79 Å². The smallest absolute Gasteiger partial charge is 0.249 e. The fourth-order valence-electron chi connectivity index (χ4n) is 1.94. The number of imidazole rings is 1. The lowest BCUT2D eigenvalue weighted by atomic mass is 10.2. The lowest BCUT2D eigenvalue weighted by molar-refractivity contribution is -0.118. The molecule has 3 rings (SSSR count). The van der Waals surface area contributed by atoms with Gasteiger partial charge in [0.15, 0.2) is 0 Å². The number of anilines is 1. The fourth-order valence-corrected chi connectivity index (χ4v) is 1.94. The molecule has 0 saturated carbocycles. The van der Waals surface area contributed by atoms with E-state index >= 15 is 0 Å². The predicted molar refractivity (Wildman–Crippen MR) is 59.9 cm³/mol. The number of amides is 1. The average molecular weight is 213 g/mol. The zero-order valence-corrected chi connectivity index (χ0v) is 8.71. The largest absolute Gasteiger partial charge is 0.308 e. The zero-order chi connectivity index (χ0) is 11.0. The summed E-state index contributed by atoms with van der Waals surface area (Å²) in [5, 5.41) is 0. The maximum absolute atomic E-state index is 11.8. The molecule has 1 aliphatic rings. The molecule has 0 unspecified atom stereocenters. The summed E-state index contributed by atoms with van der Waals surface area (Å²) in [5.74, 6) is 0.848. The van der Waals surface area contributed by atoms with Gasteiger partial charge in [0, 0.05) is 12.4 Å². The van der Waals surface area contributed by atoms with Gasteiger partial charge in [-0.15, -0.1) is 0 Å². The molecule has 0 radical (unpaired) electrons. The number of hydrogen-bond acceptors (Lipinski definition) is 2. The van der Waals surface area contributed by atoms with Gasteiger partial charge < -0.3 is 4.57 Å². The van der Waals surface area contributed by atoms with Gasteiger partial charge in [0.2, 0.25) is 11.9 Å². The quantitative estimate of drug-likeness (QED) is 0.756. The van der Waals surface area contributed by atoms with Crippen LogP contribution < -0.4 is 4.90 Å². The summed E-state index contributed by atoms with van der Waals surface area (Å²) in [4.78, 5) is 17.7. The minimum absolute atomic E-state index is 0.104. The Morgan fingerprint density at radius 2 is 2.06 bits per heavy atom. The molecule has 4 heteroatoms. The van der Waals surface area contributed by atoms with Gasteiger partial charge in [-0.05, 0) is 5.56 Å². The molecule has 0 spiro atoms. The molecule has 1 amide bonds. The summed E-state index contributed by atoms with van der Waals surface area (Å²) in [7, 11) is 0. The van der Waals surface area contributed by atoms with Crippen LogP contribution in [0.25, 0.3) is 0 Å². The Hall–Kier alpha value is -2.10. The van der Waals surface area contributed by atoms with E-state index in [4.69, 9.17) is 0 Å². The van der Waals surface area contributed by atoms with Crippen LogP contribution in [0.5, 0.6) is 0 Å². The van der Waals surface area contributed by atoms with Gasteiger partial charge in [-0.2, -0.15) is 0 Å². The normalized spacial score (nSPS) is 14.2. The minimum atomic E-state index is 0.104. The third-order valence-electron chi connectivity index (χ3n) is 2.73. The van der Waals surface area contributed by atoms with E-state index in [1.54, 1.807) is 11.1 Å². The molecule has 0 atom stereocenters. The fraction of sp³-hybridized carbons (Fsp3) is 0.167. The van der Waals surface area contributed by atoms with Gasteiger partial charge in [-0.3, -0.25) is 9.69 Å². The Morgan fingerprint density at radius 1 is 1.25 bits per heavy atom. The first-order chi connectivity index (χ1) is 7.84. The first-order valence-electron chi connectivity index (χ1n) is 5.20. The second-order valence-electron chi connectivity index (χ2n) is 3.82. The topological polar surface area (TPSA) is 38.1 Å². The molecule has 0 aliphatic carbocycles. The van der Waals surface area contributed by atoms with Crippen LogP contribution in [0, 0.1) is 0 Å². The zero-order valence-electron chi connectivity index (χ0n) is 8.71. The molecule has 0 N–H and O–H groups in total. The van der Waals surface area contributed by atoms with Crippen molar-refractivity contribution in [2.45, 2.75) is 13.1 Å². The first kappa shape index (κ1) is 9.15. The van der Waals surface area contributed by atoms with Crippen molar-refractivity contribution in [1.29, 1.82) is 0 Å². The van der Waals surface area contributed by atoms with Crippen LogP contribution in [0.1, 0.15) is 5.56 Å². The van der Waals surface area contributed by atoms with E-state index in [9.17, 15) is 4.79 Å². The Labute approximate surface area is 93.1 Å². The van der Waals surface area contributed by atoms with Crippen molar-refractivity contribution in [2.24, 2.45) is 0 Å². The van der Waals surface area contributed by atoms with E-state index in [-0.39, 0.29) is 5.91 Å². The molecule has 4 nitrogen and oxygen atoms in total. The maximum atomic E-state index is 11.8. The van der Waals surface area contributed by atoms with Crippen LogP contribution in [0.4, 0.5) is 5.95 Å². The van der Waals surface area contributed by atoms with Crippen LogP contribution in [-0.2, 0) is 17.9 Å². The molecular weight excluding hydrogens is 202 g/mol. The molecule has 2 aromatic rings. The summed E-state index contributed by atoms with van der Waals surface area (Å²) in [5.41, 5.74) is 1.12. The van der Waals surface area contributed by atoms with Crippen LogP contribution in [0.15, 0.2) is 42.7 Å². The molecule has 80 valence electrons. The lowest BCUT2D eigenvalue weighted by Crippen LogP contribution is -2.26. The molecule has 1 aromatic heterocycles. The van der Waals surface area contributed by atoms with E-state index in [0.29, 0.717) is 13.1 Å². The summed E-state index contributed by atoms with van der Waals surface area (Å²) in [6, 6.07) is 9.94. The monoisotopic (exact) mass is 213 g/mol.